The molecule has 0 amide bonds. The van der Waals surface area contributed by atoms with E-state index < -0.39 is 17.7 Å². The second-order valence-electron chi connectivity index (χ2n) is 3.21. The quantitative estimate of drug-likeness (QED) is 0.243. The third kappa shape index (κ3) is 3.37. The van der Waals surface area contributed by atoms with Crippen molar-refractivity contribution in [2.45, 2.75) is 6.10 Å². The molecule has 0 saturated carbocycles. The Morgan fingerprint density at radius 1 is 1.38 bits per heavy atom. The highest BCUT2D eigenvalue weighted by atomic mass is 16.6. The average Bonchev–Trinajstić information content (AvgIpc) is 2.21. The van der Waals surface area contributed by atoms with E-state index in [4.69, 9.17) is 5.11 Å². The molecule has 0 aromatic heterocycles. The van der Waals surface area contributed by atoms with Gasteiger partial charge in [-0.2, -0.15) is 0 Å². The Morgan fingerprint density at radius 2 is 2.06 bits per heavy atom. The van der Waals surface area contributed by atoms with Crippen LogP contribution in [0.2, 0.25) is 0 Å². The molecule has 0 bridgehead atoms. The average molecular weight is 228 g/mol. The summed E-state index contributed by atoms with van der Waals surface area (Å²) in [5.74, 6) is -0.625. The minimum Gasteiger partial charge on any atom is -0.504 e. The smallest absolute Gasteiger partial charge is 0.256 e. The van der Waals surface area contributed by atoms with Crippen LogP contribution in [0.1, 0.15) is 11.7 Å². The third-order valence-electron chi connectivity index (χ3n) is 1.96. The number of rotatable bonds is 5. The van der Waals surface area contributed by atoms with E-state index in [1.165, 1.54) is 18.2 Å². The van der Waals surface area contributed by atoms with Crippen LogP contribution < -0.4 is 5.32 Å². The van der Waals surface area contributed by atoms with Gasteiger partial charge < -0.3 is 15.3 Å². The van der Waals surface area contributed by atoms with Crippen LogP contribution >= 0.6 is 0 Å². The predicted molar refractivity (Wildman–Crippen MR) is 54.6 cm³/mol. The van der Waals surface area contributed by atoms with Gasteiger partial charge in [-0.1, -0.05) is 6.07 Å². The van der Waals surface area contributed by atoms with Gasteiger partial charge in [0.2, 0.25) is 0 Å². The number of phenolic OH excluding ortho intramolecular Hbond substituents is 2. The molecule has 7 heteroatoms. The third-order valence-corrected chi connectivity index (χ3v) is 1.96. The molecule has 7 nitrogen and oxygen atoms in total. The second-order valence-corrected chi connectivity index (χ2v) is 3.21. The Morgan fingerprint density at radius 3 is 2.62 bits per heavy atom. The number of nitro groups is 1. The number of aliphatic hydroxyl groups excluding tert-OH is 1. The minimum absolute atomic E-state index is 0.00873. The summed E-state index contributed by atoms with van der Waals surface area (Å²) < 4.78 is 0. The second kappa shape index (κ2) is 5.29. The Balaban J connectivity index is 2.55. The van der Waals surface area contributed by atoms with Crippen LogP contribution in [0.4, 0.5) is 0 Å². The van der Waals surface area contributed by atoms with Crippen molar-refractivity contribution in [3.8, 4) is 11.5 Å². The monoisotopic (exact) mass is 228 g/mol. The lowest BCUT2D eigenvalue weighted by Gasteiger charge is -2.11. The molecule has 0 saturated heterocycles. The summed E-state index contributed by atoms with van der Waals surface area (Å²) in [6.07, 6.45) is -0.980. The SMILES string of the molecule is O=[N+]([O-])CNCC(O)c1ccc(O)c(O)c1. The number of hydrogen-bond donors (Lipinski definition) is 4. The van der Waals surface area contributed by atoms with Crippen molar-refractivity contribution >= 4 is 0 Å². The maximum absolute atomic E-state index is 10.0. The van der Waals surface area contributed by atoms with Crippen molar-refractivity contribution in [2.24, 2.45) is 0 Å². The first kappa shape index (κ1) is 12.2. The molecule has 0 heterocycles. The summed E-state index contributed by atoms with van der Waals surface area (Å²) in [6, 6.07) is 3.86. The largest absolute Gasteiger partial charge is 0.504 e. The molecule has 0 aliphatic heterocycles. The molecular formula is C9H12N2O5. The lowest BCUT2D eigenvalue weighted by molar-refractivity contribution is -0.485. The lowest BCUT2D eigenvalue weighted by Crippen LogP contribution is -2.26. The zero-order valence-electron chi connectivity index (χ0n) is 8.33. The molecule has 1 aromatic carbocycles. The fourth-order valence-corrected chi connectivity index (χ4v) is 1.16. The molecular weight excluding hydrogens is 216 g/mol. The molecule has 88 valence electrons. The van der Waals surface area contributed by atoms with Gasteiger partial charge in [-0.05, 0) is 17.7 Å². The Labute approximate surface area is 91.1 Å². The van der Waals surface area contributed by atoms with E-state index in [-0.39, 0.29) is 18.0 Å². The minimum atomic E-state index is -0.980. The molecule has 16 heavy (non-hydrogen) atoms. The van der Waals surface area contributed by atoms with Crippen molar-refractivity contribution in [2.75, 3.05) is 13.2 Å². The predicted octanol–water partition coefficient (Wildman–Crippen LogP) is -0.0450. The molecule has 0 aliphatic carbocycles. The van der Waals surface area contributed by atoms with Crippen LogP contribution in [-0.4, -0.2) is 33.5 Å². The van der Waals surface area contributed by atoms with Gasteiger partial charge in [0.25, 0.3) is 6.67 Å². The van der Waals surface area contributed by atoms with Crippen molar-refractivity contribution in [3.63, 3.8) is 0 Å². The molecule has 0 radical (unpaired) electrons. The normalized spacial score (nSPS) is 12.3. The van der Waals surface area contributed by atoms with Crippen molar-refractivity contribution in [1.29, 1.82) is 0 Å². The van der Waals surface area contributed by atoms with Crippen LogP contribution in [0.5, 0.6) is 11.5 Å². The Bertz CT molecular complexity index is 382. The standard InChI is InChI=1S/C9H12N2O5/c12-7-2-1-6(3-8(7)13)9(14)4-10-5-11(15)16/h1-3,9-10,12-14H,4-5H2. The van der Waals surface area contributed by atoms with Crippen molar-refractivity contribution < 1.29 is 20.2 Å². The maximum atomic E-state index is 10.0. The van der Waals surface area contributed by atoms with Gasteiger partial charge in [0.05, 0.1) is 6.10 Å². The van der Waals surface area contributed by atoms with Gasteiger partial charge in [0, 0.05) is 11.5 Å². The molecule has 0 aliphatic rings. The summed E-state index contributed by atoms with van der Waals surface area (Å²) >= 11 is 0. The van der Waals surface area contributed by atoms with E-state index in [0.29, 0.717) is 5.56 Å². The first-order chi connectivity index (χ1) is 7.50. The van der Waals surface area contributed by atoms with Crippen LogP contribution in [0.25, 0.3) is 0 Å². The number of nitrogens with one attached hydrogen (secondary N) is 1. The van der Waals surface area contributed by atoms with E-state index in [1.54, 1.807) is 0 Å². The molecule has 1 atom stereocenters. The van der Waals surface area contributed by atoms with Crippen LogP contribution in [0.3, 0.4) is 0 Å². The fraction of sp³-hybridized carbons (Fsp3) is 0.333. The molecule has 4 N–H and O–H groups in total. The first-order valence-electron chi connectivity index (χ1n) is 4.53. The maximum Gasteiger partial charge on any atom is 0.256 e. The van der Waals surface area contributed by atoms with Gasteiger partial charge in [-0.3, -0.25) is 15.4 Å². The topological polar surface area (TPSA) is 116 Å². The van der Waals surface area contributed by atoms with Gasteiger partial charge in [0.15, 0.2) is 11.5 Å². The summed E-state index contributed by atoms with van der Waals surface area (Å²) in [5, 5.41) is 40.2. The van der Waals surface area contributed by atoms with Crippen LogP contribution in [-0.2, 0) is 0 Å². The molecule has 1 unspecified atom stereocenters. The number of aromatic hydroxyl groups is 2. The van der Waals surface area contributed by atoms with Crippen molar-refractivity contribution in [1.82, 2.24) is 5.32 Å². The van der Waals surface area contributed by atoms with E-state index in [9.17, 15) is 20.3 Å². The zero-order chi connectivity index (χ0) is 12.1. The summed E-state index contributed by atoms with van der Waals surface area (Å²) in [5.41, 5.74) is 0.367. The van der Waals surface area contributed by atoms with E-state index in [1.807, 2.05) is 0 Å². The highest BCUT2D eigenvalue weighted by molar-refractivity contribution is 5.41. The summed E-state index contributed by atoms with van der Waals surface area (Å²) in [7, 11) is 0. The summed E-state index contributed by atoms with van der Waals surface area (Å²) in [6.45, 7) is -0.452. The highest BCUT2D eigenvalue weighted by Gasteiger charge is 2.10. The van der Waals surface area contributed by atoms with Gasteiger partial charge in [-0.25, -0.2) is 0 Å². The van der Waals surface area contributed by atoms with Gasteiger partial charge in [-0.15, -0.1) is 0 Å². The van der Waals surface area contributed by atoms with E-state index >= 15 is 0 Å². The molecule has 1 aromatic rings. The number of nitrogens with zero attached hydrogens (tertiary/aromatic N) is 1. The summed E-state index contributed by atoms with van der Waals surface area (Å²) in [4.78, 5) is 9.45. The van der Waals surface area contributed by atoms with E-state index in [0.717, 1.165) is 0 Å². The fourth-order valence-electron chi connectivity index (χ4n) is 1.16. The van der Waals surface area contributed by atoms with Crippen LogP contribution in [0.15, 0.2) is 18.2 Å². The highest BCUT2D eigenvalue weighted by Crippen LogP contribution is 2.27. The number of benzene rings is 1. The molecule has 0 spiro atoms. The van der Waals surface area contributed by atoms with Gasteiger partial charge >= 0.3 is 0 Å². The van der Waals surface area contributed by atoms with Gasteiger partial charge in [0.1, 0.15) is 0 Å². The van der Waals surface area contributed by atoms with Crippen molar-refractivity contribution in [3.05, 3.63) is 33.9 Å². The lowest BCUT2D eigenvalue weighted by atomic mass is 10.1. The number of phenols is 2. The molecule has 0 fully saturated rings. The molecule has 1 rings (SSSR count). The number of aliphatic hydroxyl groups is 1. The first-order valence-corrected chi connectivity index (χ1v) is 4.53. The van der Waals surface area contributed by atoms with Crippen LogP contribution in [0, 0.1) is 10.1 Å². The van der Waals surface area contributed by atoms with E-state index in [2.05, 4.69) is 5.32 Å². The number of hydrogen-bond acceptors (Lipinski definition) is 6. The zero-order valence-corrected chi connectivity index (χ0v) is 8.33. The Kier molecular flexibility index (Phi) is 4.03. The Hall–Kier alpha value is -1.86.